The summed E-state index contributed by atoms with van der Waals surface area (Å²) in [5.74, 6) is 0.0889. The van der Waals surface area contributed by atoms with Crippen LogP contribution in [0.15, 0.2) is 40.3 Å². The number of carbonyl (C=O) groups excluding carboxylic acids is 1. The van der Waals surface area contributed by atoms with Gasteiger partial charge in [-0.25, -0.2) is 4.98 Å². The Morgan fingerprint density at radius 2 is 2.07 bits per heavy atom. The molecule has 1 aliphatic carbocycles. The fourth-order valence-electron chi connectivity index (χ4n) is 3.56. The molecule has 1 N–H and O–H groups in total. The van der Waals surface area contributed by atoms with Crippen molar-refractivity contribution in [1.29, 1.82) is 0 Å². The number of hydrogen-bond donors (Lipinski definition) is 1. The molecule has 29 heavy (non-hydrogen) atoms. The van der Waals surface area contributed by atoms with Crippen LogP contribution in [0, 0.1) is 0 Å². The van der Waals surface area contributed by atoms with Gasteiger partial charge in [0.25, 0.3) is 5.56 Å². The first kappa shape index (κ1) is 20.1. The average Bonchev–Trinajstić information content (AvgIpc) is 3.12. The molecule has 8 heteroatoms. The van der Waals surface area contributed by atoms with Gasteiger partial charge in [0.1, 0.15) is 4.83 Å². The Morgan fingerprint density at radius 1 is 1.28 bits per heavy atom. The van der Waals surface area contributed by atoms with E-state index in [1.807, 2.05) is 30.3 Å². The summed E-state index contributed by atoms with van der Waals surface area (Å²) in [4.78, 5) is 32.6. The van der Waals surface area contributed by atoms with E-state index in [2.05, 4.69) is 5.32 Å². The van der Waals surface area contributed by atoms with Gasteiger partial charge in [0.2, 0.25) is 5.91 Å². The van der Waals surface area contributed by atoms with E-state index in [4.69, 9.17) is 9.72 Å². The molecule has 0 unspecified atom stereocenters. The van der Waals surface area contributed by atoms with E-state index in [-0.39, 0.29) is 17.2 Å². The van der Waals surface area contributed by atoms with Gasteiger partial charge in [-0.1, -0.05) is 30.0 Å². The number of rotatable bonds is 7. The summed E-state index contributed by atoms with van der Waals surface area (Å²) in [5, 5.41) is 4.11. The van der Waals surface area contributed by atoms with E-state index in [0.29, 0.717) is 18.3 Å². The zero-order valence-electron chi connectivity index (χ0n) is 16.3. The minimum absolute atomic E-state index is 0.0390. The van der Waals surface area contributed by atoms with Crippen LogP contribution in [-0.2, 0) is 22.4 Å². The third-order valence-corrected chi connectivity index (χ3v) is 7.06. The lowest BCUT2D eigenvalue weighted by atomic mass is 9.97. The molecular weight excluding hydrogens is 406 g/mol. The summed E-state index contributed by atoms with van der Waals surface area (Å²) >= 11 is 2.92. The lowest BCUT2D eigenvalue weighted by Gasteiger charge is -2.13. The SMILES string of the molecule is COCCNC(=O)CSc1nc2sc3c(c2c(=O)n1-c1ccccc1)CCCC3. The predicted molar refractivity (Wildman–Crippen MR) is 117 cm³/mol. The second-order valence-electron chi connectivity index (χ2n) is 6.89. The molecule has 1 aromatic carbocycles. The van der Waals surface area contributed by atoms with Crippen molar-refractivity contribution in [1.82, 2.24) is 14.9 Å². The summed E-state index contributed by atoms with van der Waals surface area (Å²) in [6, 6.07) is 9.53. The number of ether oxygens (including phenoxy) is 1. The highest BCUT2D eigenvalue weighted by Gasteiger charge is 2.23. The molecule has 4 rings (SSSR count). The summed E-state index contributed by atoms with van der Waals surface area (Å²) in [7, 11) is 1.60. The van der Waals surface area contributed by atoms with Crippen molar-refractivity contribution in [2.45, 2.75) is 30.8 Å². The van der Waals surface area contributed by atoms with Crippen LogP contribution in [0.3, 0.4) is 0 Å². The number of benzene rings is 1. The number of nitrogens with zero attached hydrogens (tertiary/aromatic N) is 2. The second kappa shape index (κ2) is 9.11. The lowest BCUT2D eigenvalue weighted by molar-refractivity contribution is -0.118. The minimum atomic E-state index is -0.105. The maximum Gasteiger partial charge on any atom is 0.267 e. The monoisotopic (exact) mass is 429 g/mol. The summed E-state index contributed by atoms with van der Waals surface area (Å²) < 4.78 is 6.61. The van der Waals surface area contributed by atoms with Gasteiger partial charge < -0.3 is 10.1 Å². The number of carbonyl (C=O) groups is 1. The predicted octanol–water partition coefficient (Wildman–Crippen LogP) is 3.18. The van der Waals surface area contributed by atoms with E-state index in [0.717, 1.165) is 41.6 Å². The van der Waals surface area contributed by atoms with Gasteiger partial charge >= 0.3 is 0 Å². The highest BCUT2D eigenvalue weighted by molar-refractivity contribution is 7.99. The Bertz CT molecular complexity index is 1080. The minimum Gasteiger partial charge on any atom is -0.383 e. The number of hydrogen-bond acceptors (Lipinski definition) is 6. The van der Waals surface area contributed by atoms with Crippen LogP contribution in [0.4, 0.5) is 0 Å². The quantitative estimate of drug-likeness (QED) is 0.355. The van der Waals surface area contributed by atoms with Crippen molar-refractivity contribution in [3.63, 3.8) is 0 Å². The van der Waals surface area contributed by atoms with E-state index in [1.165, 1.54) is 22.2 Å². The molecule has 1 amide bonds. The number of thioether (sulfide) groups is 1. The third-order valence-electron chi connectivity index (χ3n) is 4.93. The summed E-state index contributed by atoms with van der Waals surface area (Å²) in [6.45, 7) is 0.932. The summed E-state index contributed by atoms with van der Waals surface area (Å²) in [5.41, 5.74) is 1.90. The van der Waals surface area contributed by atoms with Gasteiger partial charge in [0, 0.05) is 18.5 Å². The van der Waals surface area contributed by atoms with Crippen molar-refractivity contribution in [3.05, 3.63) is 51.1 Å². The molecule has 0 radical (unpaired) electrons. The molecule has 0 fully saturated rings. The Morgan fingerprint density at radius 3 is 2.86 bits per heavy atom. The number of nitrogens with one attached hydrogen (secondary N) is 1. The zero-order chi connectivity index (χ0) is 20.2. The zero-order valence-corrected chi connectivity index (χ0v) is 17.9. The molecule has 2 heterocycles. The van der Waals surface area contributed by atoms with E-state index >= 15 is 0 Å². The summed E-state index contributed by atoms with van der Waals surface area (Å²) in [6.07, 6.45) is 4.23. The van der Waals surface area contributed by atoms with Gasteiger partial charge in [-0.15, -0.1) is 11.3 Å². The van der Waals surface area contributed by atoms with Crippen molar-refractivity contribution < 1.29 is 9.53 Å². The number of thiophene rings is 1. The molecular formula is C21H23N3O3S2. The van der Waals surface area contributed by atoms with Gasteiger partial charge in [-0.05, 0) is 43.4 Å². The molecule has 0 aliphatic heterocycles. The fourth-order valence-corrected chi connectivity index (χ4v) is 5.71. The average molecular weight is 430 g/mol. The number of para-hydroxylation sites is 1. The van der Waals surface area contributed by atoms with Crippen LogP contribution in [-0.4, -0.2) is 41.5 Å². The molecule has 3 aromatic rings. The van der Waals surface area contributed by atoms with Gasteiger partial charge in [-0.3, -0.25) is 14.2 Å². The van der Waals surface area contributed by atoms with Crippen LogP contribution < -0.4 is 10.9 Å². The normalized spacial score (nSPS) is 13.4. The van der Waals surface area contributed by atoms with Crippen LogP contribution >= 0.6 is 23.1 Å². The highest BCUT2D eigenvalue weighted by Crippen LogP contribution is 2.35. The Balaban J connectivity index is 1.74. The topological polar surface area (TPSA) is 73.2 Å². The Hall–Kier alpha value is -2.16. The van der Waals surface area contributed by atoms with E-state index in [9.17, 15) is 9.59 Å². The van der Waals surface area contributed by atoms with Crippen molar-refractivity contribution >= 4 is 39.2 Å². The molecule has 152 valence electrons. The molecule has 1 aliphatic rings. The maximum absolute atomic E-state index is 13.5. The molecule has 0 saturated heterocycles. The molecule has 0 atom stereocenters. The number of aromatic nitrogens is 2. The van der Waals surface area contributed by atoms with Gasteiger partial charge in [0.15, 0.2) is 5.16 Å². The molecule has 0 bridgehead atoms. The number of aryl methyl sites for hydroxylation is 2. The van der Waals surface area contributed by atoms with Crippen molar-refractivity contribution in [3.8, 4) is 5.69 Å². The van der Waals surface area contributed by atoms with Crippen molar-refractivity contribution in [2.75, 3.05) is 26.0 Å². The molecule has 6 nitrogen and oxygen atoms in total. The largest absolute Gasteiger partial charge is 0.383 e. The van der Waals surface area contributed by atoms with E-state index in [1.54, 1.807) is 23.0 Å². The third kappa shape index (κ3) is 4.24. The van der Waals surface area contributed by atoms with Crippen LogP contribution in [0.1, 0.15) is 23.3 Å². The number of amides is 1. The van der Waals surface area contributed by atoms with Crippen molar-refractivity contribution in [2.24, 2.45) is 0 Å². The van der Waals surface area contributed by atoms with Gasteiger partial charge in [-0.2, -0.15) is 0 Å². The fraction of sp³-hybridized carbons (Fsp3) is 0.381. The Kier molecular flexibility index (Phi) is 6.32. The lowest BCUT2D eigenvalue weighted by Crippen LogP contribution is -2.29. The van der Waals surface area contributed by atoms with Crippen LogP contribution in [0.5, 0.6) is 0 Å². The smallest absolute Gasteiger partial charge is 0.267 e. The van der Waals surface area contributed by atoms with E-state index < -0.39 is 0 Å². The maximum atomic E-state index is 13.5. The standard InChI is InChI=1S/C21H23N3O3S2/c1-27-12-11-22-17(25)13-28-21-23-19-18(15-9-5-6-10-16(15)29-19)20(26)24(21)14-7-3-2-4-8-14/h2-4,7-8H,5-6,9-13H2,1H3,(H,22,25). The first-order valence-electron chi connectivity index (χ1n) is 9.70. The first-order chi connectivity index (χ1) is 14.2. The number of methoxy groups -OCH3 is 1. The van der Waals surface area contributed by atoms with Gasteiger partial charge in [0.05, 0.1) is 23.4 Å². The second-order valence-corrected chi connectivity index (χ2v) is 8.92. The number of fused-ring (bicyclic) bond motifs is 3. The molecule has 0 spiro atoms. The van der Waals surface area contributed by atoms with Crippen LogP contribution in [0.25, 0.3) is 15.9 Å². The Labute approximate surface area is 177 Å². The highest BCUT2D eigenvalue weighted by atomic mass is 32.2. The molecule has 2 aromatic heterocycles. The first-order valence-corrected chi connectivity index (χ1v) is 11.5. The van der Waals surface area contributed by atoms with Crippen LogP contribution in [0.2, 0.25) is 0 Å². The molecule has 0 saturated carbocycles.